The Kier molecular flexibility index (Phi) is 10.1. The third kappa shape index (κ3) is 6.30. The van der Waals surface area contributed by atoms with Crippen LogP contribution in [0, 0.1) is 0 Å². The van der Waals surface area contributed by atoms with E-state index in [1.54, 1.807) is 19.0 Å². The molecule has 1 amide bonds. The zero-order valence-corrected chi connectivity index (χ0v) is 17.9. The molecule has 1 rings (SSSR count). The molecule has 7 nitrogen and oxygen atoms in total. The van der Waals surface area contributed by atoms with Gasteiger partial charge in [-0.25, -0.2) is 0 Å². The molecule has 1 fully saturated rings. The first-order valence-electron chi connectivity index (χ1n) is 9.52. The van der Waals surface area contributed by atoms with E-state index < -0.39 is 8.80 Å². The SMILES string of the molecule is CCO[Si](OCC)(OCC)C(CC)N1CCN(CC(=O)N(C)C)CC1. The third-order valence-electron chi connectivity index (χ3n) is 4.54. The second kappa shape index (κ2) is 11.3. The lowest BCUT2D eigenvalue weighted by molar-refractivity contribution is -0.130. The molecular weight excluding hydrogens is 338 g/mol. The normalized spacial score (nSPS) is 18.3. The van der Waals surface area contributed by atoms with Crippen LogP contribution in [0.5, 0.6) is 0 Å². The van der Waals surface area contributed by atoms with Crippen molar-refractivity contribution in [2.75, 3.05) is 66.6 Å². The van der Waals surface area contributed by atoms with Crippen LogP contribution in [-0.2, 0) is 18.1 Å². The van der Waals surface area contributed by atoms with Crippen molar-refractivity contribution in [3.63, 3.8) is 0 Å². The van der Waals surface area contributed by atoms with E-state index >= 15 is 0 Å². The number of hydrogen-bond donors (Lipinski definition) is 0. The molecule has 0 radical (unpaired) electrons. The van der Waals surface area contributed by atoms with Crippen LogP contribution in [0.15, 0.2) is 0 Å². The van der Waals surface area contributed by atoms with Crippen LogP contribution in [0.25, 0.3) is 0 Å². The number of carbonyl (C=O) groups is 1. The zero-order chi connectivity index (χ0) is 18.9. The van der Waals surface area contributed by atoms with Crippen molar-refractivity contribution in [2.45, 2.75) is 39.8 Å². The van der Waals surface area contributed by atoms with Gasteiger partial charge in [-0.15, -0.1) is 0 Å². The molecule has 1 saturated heterocycles. The van der Waals surface area contributed by atoms with E-state index in [0.29, 0.717) is 26.4 Å². The lowest BCUT2D eigenvalue weighted by atomic mass is 10.3. The molecule has 0 saturated carbocycles. The standard InChI is InChI=1S/C17H37N3O4Si/c1-7-17(25(22-8-2,23-9-3)24-10-4)20-13-11-19(12-14-20)15-16(21)18(5)6/h17H,7-15H2,1-6H3. The predicted octanol–water partition coefficient (Wildman–Crippen LogP) is 1.06. The quantitative estimate of drug-likeness (QED) is 0.503. The average molecular weight is 376 g/mol. The van der Waals surface area contributed by atoms with Gasteiger partial charge in [0.2, 0.25) is 5.91 Å². The van der Waals surface area contributed by atoms with Crippen molar-refractivity contribution in [2.24, 2.45) is 0 Å². The molecule has 1 atom stereocenters. The van der Waals surface area contributed by atoms with Gasteiger partial charge in [0, 0.05) is 60.1 Å². The first kappa shape index (κ1) is 22.5. The fourth-order valence-electron chi connectivity index (χ4n) is 3.31. The first-order valence-corrected chi connectivity index (χ1v) is 11.3. The molecule has 0 bridgehead atoms. The van der Waals surface area contributed by atoms with E-state index in [1.807, 2.05) is 20.8 Å². The van der Waals surface area contributed by atoms with Gasteiger partial charge in [0.05, 0.1) is 12.2 Å². The van der Waals surface area contributed by atoms with Crippen molar-refractivity contribution in [3.8, 4) is 0 Å². The van der Waals surface area contributed by atoms with Gasteiger partial charge in [0.1, 0.15) is 0 Å². The van der Waals surface area contributed by atoms with Crippen LogP contribution in [-0.4, -0.2) is 102 Å². The maximum atomic E-state index is 11.9. The van der Waals surface area contributed by atoms with Crippen LogP contribution in [0.1, 0.15) is 34.1 Å². The van der Waals surface area contributed by atoms with Gasteiger partial charge in [0.25, 0.3) is 0 Å². The number of rotatable bonds is 11. The average Bonchev–Trinajstić information content (AvgIpc) is 2.57. The highest BCUT2D eigenvalue weighted by atomic mass is 28.4. The Morgan fingerprint density at radius 1 is 0.960 bits per heavy atom. The smallest absolute Gasteiger partial charge is 0.373 e. The van der Waals surface area contributed by atoms with Crippen LogP contribution in [0.3, 0.4) is 0 Å². The van der Waals surface area contributed by atoms with Crippen molar-refractivity contribution in [3.05, 3.63) is 0 Å². The van der Waals surface area contributed by atoms with Gasteiger partial charge < -0.3 is 18.2 Å². The molecule has 148 valence electrons. The van der Waals surface area contributed by atoms with Crippen LogP contribution in [0.4, 0.5) is 0 Å². The summed E-state index contributed by atoms with van der Waals surface area (Å²) in [6.07, 6.45) is 0.933. The summed E-state index contributed by atoms with van der Waals surface area (Å²) >= 11 is 0. The molecule has 0 aromatic heterocycles. The Hall–Kier alpha value is -0.513. The van der Waals surface area contributed by atoms with Crippen molar-refractivity contribution in [1.82, 2.24) is 14.7 Å². The van der Waals surface area contributed by atoms with Crippen molar-refractivity contribution < 1.29 is 18.1 Å². The number of piperazine rings is 1. The fourth-order valence-corrected chi connectivity index (χ4v) is 6.55. The van der Waals surface area contributed by atoms with Crippen LogP contribution < -0.4 is 0 Å². The fraction of sp³-hybridized carbons (Fsp3) is 0.941. The molecule has 1 aliphatic rings. The number of likely N-dealkylation sites (N-methyl/N-ethyl adjacent to an activating group) is 1. The molecule has 0 aromatic carbocycles. The second-order valence-electron chi connectivity index (χ2n) is 6.43. The van der Waals surface area contributed by atoms with E-state index in [4.69, 9.17) is 13.3 Å². The molecule has 1 unspecified atom stereocenters. The van der Waals surface area contributed by atoms with Crippen molar-refractivity contribution >= 4 is 14.7 Å². The minimum atomic E-state index is -2.75. The minimum Gasteiger partial charge on any atom is -0.373 e. The van der Waals surface area contributed by atoms with Crippen LogP contribution >= 0.6 is 0 Å². The molecule has 1 heterocycles. The highest BCUT2D eigenvalue weighted by Crippen LogP contribution is 2.24. The lowest BCUT2D eigenvalue weighted by Crippen LogP contribution is -2.65. The zero-order valence-electron chi connectivity index (χ0n) is 16.9. The van der Waals surface area contributed by atoms with Gasteiger partial charge >= 0.3 is 8.80 Å². The van der Waals surface area contributed by atoms with Gasteiger partial charge in [-0.05, 0) is 27.2 Å². The Labute approximate surface area is 154 Å². The molecular formula is C17H37N3O4Si. The van der Waals surface area contributed by atoms with Gasteiger partial charge in [-0.2, -0.15) is 0 Å². The van der Waals surface area contributed by atoms with Crippen LogP contribution in [0.2, 0.25) is 0 Å². The summed E-state index contributed by atoms with van der Waals surface area (Å²) in [6.45, 7) is 14.0. The monoisotopic (exact) mass is 375 g/mol. The highest BCUT2D eigenvalue weighted by molar-refractivity contribution is 6.62. The lowest BCUT2D eigenvalue weighted by Gasteiger charge is -2.44. The first-order chi connectivity index (χ1) is 11.9. The van der Waals surface area contributed by atoms with E-state index in [0.717, 1.165) is 32.6 Å². The number of hydrogen-bond acceptors (Lipinski definition) is 6. The maximum Gasteiger partial charge on any atom is 0.519 e. The van der Waals surface area contributed by atoms with Gasteiger partial charge in [-0.3, -0.25) is 14.6 Å². The minimum absolute atomic E-state index is 0.155. The maximum absolute atomic E-state index is 11.9. The Balaban J connectivity index is 2.76. The highest BCUT2D eigenvalue weighted by Gasteiger charge is 2.51. The van der Waals surface area contributed by atoms with E-state index in [-0.39, 0.29) is 11.6 Å². The molecule has 1 aliphatic heterocycles. The molecule has 8 heteroatoms. The topological polar surface area (TPSA) is 54.5 Å². The molecule has 0 N–H and O–H groups in total. The van der Waals surface area contributed by atoms with Gasteiger partial charge in [-0.1, -0.05) is 6.92 Å². The van der Waals surface area contributed by atoms with E-state index in [2.05, 4.69) is 16.7 Å². The van der Waals surface area contributed by atoms with E-state index in [1.165, 1.54) is 0 Å². The molecule has 0 aromatic rings. The van der Waals surface area contributed by atoms with E-state index in [9.17, 15) is 4.79 Å². The number of amides is 1. The second-order valence-corrected chi connectivity index (χ2v) is 9.17. The Bertz CT molecular complexity index is 373. The summed E-state index contributed by atoms with van der Waals surface area (Å²) in [4.78, 5) is 18.2. The summed E-state index contributed by atoms with van der Waals surface area (Å²) in [5.74, 6) is 0.155. The largest absolute Gasteiger partial charge is 0.519 e. The summed E-state index contributed by atoms with van der Waals surface area (Å²) < 4.78 is 18.4. The van der Waals surface area contributed by atoms with Crippen molar-refractivity contribution in [1.29, 1.82) is 0 Å². The molecule has 0 aliphatic carbocycles. The summed E-state index contributed by atoms with van der Waals surface area (Å²) in [5, 5.41) is 0. The third-order valence-corrected chi connectivity index (χ3v) is 8.20. The summed E-state index contributed by atoms with van der Waals surface area (Å²) in [7, 11) is 0.855. The molecule has 0 spiro atoms. The Morgan fingerprint density at radius 3 is 1.80 bits per heavy atom. The molecule has 25 heavy (non-hydrogen) atoms. The Morgan fingerprint density at radius 2 is 1.44 bits per heavy atom. The summed E-state index contributed by atoms with van der Waals surface area (Å²) in [5.41, 5.74) is 0.166. The summed E-state index contributed by atoms with van der Waals surface area (Å²) in [6, 6.07) is 0. The number of nitrogens with zero attached hydrogens (tertiary/aromatic N) is 3. The van der Waals surface area contributed by atoms with Gasteiger partial charge in [0.15, 0.2) is 0 Å². The number of carbonyl (C=O) groups excluding carboxylic acids is 1. The predicted molar refractivity (Wildman–Crippen MR) is 101 cm³/mol.